The van der Waals surface area contributed by atoms with Gasteiger partial charge < -0.3 is 15.3 Å². The molecule has 7 nitrogen and oxygen atoms in total. The monoisotopic (exact) mass is 234 g/mol. The normalized spacial score (nSPS) is 11.3. The summed E-state index contributed by atoms with van der Waals surface area (Å²) in [5.74, 6) is -3.69. The number of phenols is 2. The molecule has 0 aromatic heterocycles. The molecule has 0 saturated carbocycles. The molecule has 0 radical (unpaired) electrons. The van der Waals surface area contributed by atoms with Crippen molar-refractivity contribution < 1.29 is 33.1 Å². The second kappa shape index (κ2) is 3.41. The first kappa shape index (κ1) is 11.3. The predicted octanol–water partition coefficient (Wildman–Crippen LogP) is 0.0427. The third-order valence-corrected chi connectivity index (χ3v) is 2.51. The maximum absolute atomic E-state index is 10.7. The van der Waals surface area contributed by atoms with Crippen LogP contribution in [0.25, 0.3) is 0 Å². The van der Waals surface area contributed by atoms with Crippen molar-refractivity contribution in [2.24, 2.45) is 0 Å². The van der Waals surface area contributed by atoms with E-state index in [4.69, 9.17) is 19.9 Å². The van der Waals surface area contributed by atoms with Gasteiger partial charge in [-0.2, -0.15) is 8.42 Å². The van der Waals surface area contributed by atoms with E-state index in [2.05, 4.69) is 0 Å². The van der Waals surface area contributed by atoms with Gasteiger partial charge in [0.2, 0.25) is 0 Å². The number of aromatic hydroxyl groups is 2. The van der Waals surface area contributed by atoms with Gasteiger partial charge in [-0.15, -0.1) is 0 Å². The molecule has 0 aliphatic heterocycles. The van der Waals surface area contributed by atoms with E-state index >= 15 is 0 Å². The zero-order valence-electron chi connectivity index (χ0n) is 7.08. The van der Waals surface area contributed by atoms with Crippen molar-refractivity contribution in [3.8, 4) is 11.5 Å². The van der Waals surface area contributed by atoms with Crippen molar-refractivity contribution >= 4 is 16.1 Å². The van der Waals surface area contributed by atoms with Gasteiger partial charge in [0.1, 0.15) is 10.5 Å². The fraction of sp³-hybridized carbons (Fsp3) is 0. The van der Waals surface area contributed by atoms with E-state index in [0.717, 1.165) is 6.07 Å². The second-order valence-electron chi connectivity index (χ2n) is 2.59. The lowest BCUT2D eigenvalue weighted by molar-refractivity contribution is 0.0688. The van der Waals surface area contributed by atoms with Crippen LogP contribution in [0.5, 0.6) is 11.5 Å². The summed E-state index contributed by atoms with van der Waals surface area (Å²) in [6, 6.07) is 1.43. The van der Waals surface area contributed by atoms with E-state index < -0.39 is 38.0 Å². The van der Waals surface area contributed by atoms with Gasteiger partial charge in [-0.1, -0.05) is 0 Å². The van der Waals surface area contributed by atoms with Crippen molar-refractivity contribution in [1.82, 2.24) is 0 Å². The van der Waals surface area contributed by atoms with E-state index in [1.54, 1.807) is 0 Å². The zero-order chi connectivity index (χ0) is 11.8. The number of carboxylic acid groups (broad SMARTS) is 1. The molecule has 0 heterocycles. The maximum Gasteiger partial charge on any atom is 0.341 e. The first-order valence-electron chi connectivity index (χ1n) is 3.51. The molecular weight excluding hydrogens is 228 g/mol. The van der Waals surface area contributed by atoms with Crippen molar-refractivity contribution in [2.45, 2.75) is 4.90 Å². The van der Waals surface area contributed by atoms with Gasteiger partial charge in [-0.25, -0.2) is 4.79 Å². The molecule has 0 saturated heterocycles. The Kier molecular flexibility index (Phi) is 2.56. The third kappa shape index (κ3) is 2.00. The highest BCUT2D eigenvalue weighted by molar-refractivity contribution is 7.86. The Balaban J connectivity index is 3.70. The zero-order valence-corrected chi connectivity index (χ0v) is 7.89. The van der Waals surface area contributed by atoms with Crippen molar-refractivity contribution in [3.63, 3.8) is 0 Å². The van der Waals surface area contributed by atoms with Gasteiger partial charge in [0.05, 0.1) is 0 Å². The quantitative estimate of drug-likeness (QED) is 0.419. The fourth-order valence-corrected chi connectivity index (χ4v) is 1.67. The first-order chi connectivity index (χ1) is 6.75. The molecule has 1 aromatic carbocycles. The van der Waals surface area contributed by atoms with E-state index in [9.17, 15) is 13.2 Å². The Labute approximate surface area is 84.0 Å². The highest BCUT2D eigenvalue weighted by Crippen LogP contribution is 2.33. The summed E-state index contributed by atoms with van der Waals surface area (Å²) >= 11 is 0. The standard InChI is InChI=1S/C7H6O7S/c8-3-1-2-4(15(12,13)14)5(6(3)9)7(10)11/h1-2,8-9H,(H,10,11)(H,12,13,14). The first-order valence-corrected chi connectivity index (χ1v) is 4.95. The third-order valence-electron chi connectivity index (χ3n) is 1.61. The number of aromatic carboxylic acids is 1. The average molecular weight is 234 g/mol. The number of hydrogen-bond donors (Lipinski definition) is 4. The van der Waals surface area contributed by atoms with Crippen LogP contribution < -0.4 is 0 Å². The molecule has 0 bridgehead atoms. The number of carbonyl (C=O) groups is 1. The summed E-state index contributed by atoms with van der Waals surface area (Å²) in [5.41, 5.74) is -1.07. The van der Waals surface area contributed by atoms with Crippen LogP contribution in [-0.4, -0.2) is 34.3 Å². The molecule has 0 unspecified atom stereocenters. The summed E-state index contributed by atoms with van der Waals surface area (Å²) < 4.78 is 30.1. The number of phenolic OH excluding ortho intramolecular Hbond substituents is 1. The number of hydrogen-bond acceptors (Lipinski definition) is 5. The molecule has 8 heteroatoms. The molecule has 15 heavy (non-hydrogen) atoms. The highest BCUT2D eigenvalue weighted by atomic mass is 32.2. The summed E-state index contributed by atoms with van der Waals surface area (Å²) in [7, 11) is -4.77. The highest BCUT2D eigenvalue weighted by Gasteiger charge is 2.25. The fourth-order valence-electron chi connectivity index (χ4n) is 0.983. The number of benzene rings is 1. The van der Waals surface area contributed by atoms with Crippen molar-refractivity contribution in [3.05, 3.63) is 17.7 Å². The van der Waals surface area contributed by atoms with Gasteiger partial charge in [0.15, 0.2) is 11.5 Å². The minimum absolute atomic E-state index is 0.674. The molecule has 1 rings (SSSR count). The minimum atomic E-state index is -4.77. The van der Waals surface area contributed by atoms with Crippen LogP contribution in [0.3, 0.4) is 0 Å². The number of rotatable bonds is 2. The Morgan fingerprint density at radius 2 is 1.73 bits per heavy atom. The molecule has 0 aliphatic carbocycles. The second-order valence-corrected chi connectivity index (χ2v) is 3.98. The average Bonchev–Trinajstić information content (AvgIpc) is 2.06. The minimum Gasteiger partial charge on any atom is -0.504 e. The molecule has 0 amide bonds. The van der Waals surface area contributed by atoms with Gasteiger partial charge in [0, 0.05) is 0 Å². The largest absolute Gasteiger partial charge is 0.504 e. The summed E-state index contributed by atoms with van der Waals surface area (Å²) in [4.78, 5) is 9.61. The van der Waals surface area contributed by atoms with E-state index in [-0.39, 0.29) is 0 Å². The lowest BCUT2D eigenvalue weighted by Crippen LogP contribution is -2.08. The topological polar surface area (TPSA) is 132 Å². The molecule has 4 N–H and O–H groups in total. The van der Waals surface area contributed by atoms with Gasteiger partial charge in [0.25, 0.3) is 10.1 Å². The Bertz CT molecular complexity index is 516. The maximum atomic E-state index is 10.7. The molecular formula is C7H6O7S. The Morgan fingerprint density at radius 3 is 2.13 bits per heavy atom. The molecule has 82 valence electrons. The SMILES string of the molecule is O=C(O)c1c(S(=O)(=O)O)ccc(O)c1O. The van der Waals surface area contributed by atoms with E-state index in [1.165, 1.54) is 0 Å². The van der Waals surface area contributed by atoms with Crippen molar-refractivity contribution in [1.29, 1.82) is 0 Å². The van der Waals surface area contributed by atoms with Crippen LogP contribution in [-0.2, 0) is 10.1 Å². The van der Waals surface area contributed by atoms with Gasteiger partial charge >= 0.3 is 5.97 Å². The summed E-state index contributed by atoms with van der Waals surface area (Å²) in [6.07, 6.45) is 0. The summed E-state index contributed by atoms with van der Waals surface area (Å²) in [6.45, 7) is 0. The predicted molar refractivity (Wildman–Crippen MR) is 46.5 cm³/mol. The van der Waals surface area contributed by atoms with Gasteiger partial charge in [-0.05, 0) is 12.1 Å². The summed E-state index contributed by atoms with van der Waals surface area (Å²) in [5, 5.41) is 26.6. The van der Waals surface area contributed by atoms with Gasteiger partial charge in [-0.3, -0.25) is 4.55 Å². The van der Waals surface area contributed by atoms with Crippen LogP contribution in [0.4, 0.5) is 0 Å². The molecule has 0 fully saturated rings. The van der Waals surface area contributed by atoms with Crippen LogP contribution in [0, 0.1) is 0 Å². The smallest absolute Gasteiger partial charge is 0.341 e. The molecule has 0 atom stereocenters. The van der Waals surface area contributed by atoms with Crippen LogP contribution >= 0.6 is 0 Å². The van der Waals surface area contributed by atoms with Crippen molar-refractivity contribution in [2.75, 3.05) is 0 Å². The lowest BCUT2D eigenvalue weighted by Gasteiger charge is -2.06. The van der Waals surface area contributed by atoms with E-state index in [0.29, 0.717) is 6.07 Å². The Morgan fingerprint density at radius 1 is 1.20 bits per heavy atom. The van der Waals surface area contributed by atoms with Crippen LogP contribution in [0.1, 0.15) is 10.4 Å². The molecule has 0 aliphatic rings. The van der Waals surface area contributed by atoms with E-state index in [1.807, 2.05) is 0 Å². The van der Waals surface area contributed by atoms with Crippen LogP contribution in [0.2, 0.25) is 0 Å². The van der Waals surface area contributed by atoms with Crippen LogP contribution in [0.15, 0.2) is 17.0 Å². The molecule has 1 aromatic rings. The molecule has 0 spiro atoms. The Hall–Kier alpha value is -1.80. The lowest BCUT2D eigenvalue weighted by atomic mass is 10.2. The number of carboxylic acids is 1.